The van der Waals surface area contributed by atoms with Gasteiger partial charge in [0.15, 0.2) is 0 Å². The third kappa shape index (κ3) is 5.11. The highest BCUT2D eigenvalue weighted by Gasteiger charge is 2.26. The first-order valence-electron chi connectivity index (χ1n) is 9.35. The molecule has 0 bridgehead atoms. The third-order valence-electron chi connectivity index (χ3n) is 5.09. The normalized spacial score (nSPS) is 20.4. The zero-order valence-corrected chi connectivity index (χ0v) is 14.9. The first-order valence-corrected chi connectivity index (χ1v) is 9.35. The molecule has 1 saturated carbocycles. The maximum absolute atomic E-state index is 12.5. The Bertz CT molecular complexity index is 645. The number of aromatic nitrogens is 4. The number of anilines is 1. The SMILES string of the molecule is CCCCc1ccc(NC(=O)C2CCC(Cn3cnnn3)CC2)cc1. The van der Waals surface area contributed by atoms with Crippen LogP contribution in [0.25, 0.3) is 0 Å². The second kappa shape index (κ2) is 8.74. The molecule has 6 nitrogen and oxygen atoms in total. The predicted molar refractivity (Wildman–Crippen MR) is 96.9 cm³/mol. The molecule has 0 atom stereocenters. The van der Waals surface area contributed by atoms with Crippen LogP contribution in [0, 0.1) is 11.8 Å². The average Bonchev–Trinajstić information content (AvgIpc) is 3.15. The monoisotopic (exact) mass is 341 g/mol. The first kappa shape index (κ1) is 17.6. The van der Waals surface area contributed by atoms with E-state index in [0.717, 1.165) is 44.3 Å². The number of carbonyl (C=O) groups is 1. The summed E-state index contributed by atoms with van der Waals surface area (Å²) >= 11 is 0. The van der Waals surface area contributed by atoms with E-state index in [-0.39, 0.29) is 11.8 Å². The molecule has 1 heterocycles. The van der Waals surface area contributed by atoms with Gasteiger partial charge in [0, 0.05) is 18.2 Å². The molecule has 1 aromatic heterocycles. The van der Waals surface area contributed by atoms with Gasteiger partial charge >= 0.3 is 0 Å². The molecule has 25 heavy (non-hydrogen) atoms. The summed E-state index contributed by atoms with van der Waals surface area (Å²) in [6.07, 6.45) is 9.15. The number of tetrazole rings is 1. The van der Waals surface area contributed by atoms with Crippen molar-refractivity contribution < 1.29 is 4.79 Å². The van der Waals surface area contributed by atoms with Gasteiger partial charge in [0.2, 0.25) is 5.91 Å². The molecular formula is C19H27N5O. The number of unbranched alkanes of at least 4 members (excludes halogenated alkanes) is 1. The molecule has 134 valence electrons. The van der Waals surface area contributed by atoms with Crippen molar-refractivity contribution in [3.63, 3.8) is 0 Å². The van der Waals surface area contributed by atoms with Crippen molar-refractivity contribution >= 4 is 11.6 Å². The van der Waals surface area contributed by atoms with Crippen LogP contribution in [0.5, 0.6) is 0 Å². The Morgan fingerprint density at radius 1 is 1.20 bits per heavy atom. The molecule has 0 spiro atoms. The fourth-order valence-corrected chi connectivity index (χ4v) is 3.52. The van der Waals surface area contributed by atoms with Crippen LogP contribution in [0.4, 0.5) is 5.69 Å². The molecule has 0 saturated heterocycles. The van der Waals surface area contributed by atoms with Crippen LogP contribution >= 0.6 is 0 Å². The lowest BCUT2D eigenvalue weighted by Crippen LogP contribution is -2.28. The Morgan fingerprint density at radius 3 is 2.60 bits per heavy atom. The van der Waals surface area contributed by atoms with Crippen molar-refractivity contribution in [2.24, 2.45) is 11.8 Å². The molecule has 1 N–H and O–H groups in total. The molecule has 3 rings (SSSR count). The number of benzene rings is 1. The van der Waals surface area contributed by atoms with Gasteiger partial charge in [-0.25, -0.2) is 4.68 Å². The van der Waals surface area contributed by atoms with Crippen LogP contribution in [0.15, 0.2) is 30.6 Å². The minimum Gasteiger partial charge on any atom is -0.326 e. The highest BCUT2D eigenvalue weighted by atomic mass is 16.1. The minimum absolute atomic E-state index is 0.116. The molecule has 0 radical (unpaired) electrons. The summed E-state index contributed by atoms with van der Waals surface area (Å²) in [6.45, 7) is 3.05. The number of hydrogen-bond acceptors (Lipinski definition) is 4. The zero-order valence-electron chi connectivity index (χ0n) is 14.9. The summed E-state index contributed by atoms with van der Waals surface area (Å²) in [6, 6.07) is 8.28. The molecule has 1 fully saturated rings. The Hall–Kier alpha value is -2.24. The van der Waals surface area contributed by atoms with Crippen molar-refractivity contribution in [3.05, 3.63) is 36.2 Å². The summed E-state index contributed by atoms with van der Waals surface area (Å²) in [5.41, 5.74) is 2.24. The summed E-state index contributed by atoms with van der Waals surface area (Å²) < 4.78 is 1.78. The van der Waals surface area contributed by atoms with Gasteiger partial charge in [-0.3, -0.25) is 4.79 Å². The number of amides is 1. The van der Waals surface area contributed by atoms with E-state index in [0.29, 0.717) is 5.92 Å². The van der Waals surface area contributed by atoms with Crippen molar-refractivity contribution in [2.45, 2.75) is 58.4 Å². The van der Waals surface area contributed by atoms with Gasteiger partial charge in [0.05, 0.1) is 0 Å². The first-order chi connectivity index (χ1) is 12.2. The van der Waals surface area contributed by atoms with Crippen molar-refractivity contribution in [2.75, 3.05) is 5.32 Å². The summed E-state index contributed by atoms with van der Waals surface area (Å²) in [7, 11) is 0. The number of hydrogen-bond donors (Lipinski definition) is 1. The summed E-state index contributed by atoms with van der Waals surface area (Å²) in [5.74, 6) is 0.831. The number of nitrogens with zero attached hydrogens (tertiary/aromatic N) is 4. The molecule has 1 aromatic carbocycles. The van der Waals surface area contributed by atoms with E-state index in [9.17, 15) is 4.79 Å². The van der Waals surface area contributed by atoms with Crippen LogP contribution in [0.3, 0.4) is 0 Å². The van der Waals surface area contributed by atoms with Crippen molar-refractivity contribution in [1.29, 1.82) is 0 Å². The van der Waals surface area contributed by atoms with Gasteiger partial charge in [-0.05, 0) is 72.6 Å². The topological polar surface area (TPSA) is 72.7 Å². The van der Waals surface area contributed by atoms with E-state index in [4.69, 9.17) is 0 Å². The van der Waals surface area contributed by atoms with E-state index in [1.165, 1.54) is 18.4 Å². The molecule has 2 aromatic rings. The van der Waals surface area contributed by atoms with E-state index < -0.39 is 0 Å². The van der Waals surface area contributed by atoms with Gasteiger partial charge in [0.1, 0.15) is 6.33 Å². The van der Waals surface area contributed by atoms with Gasteiger partial charge in [0.25, 0.3) is 0 Å². The largest absolute Gasteiger partial charge is 0.326 e. The van der Waals surface area contributed by atoms with E-state index in [1.807, 2.05) is 12.1 Å². The van der Waals surface area contributed by atoms with Crippen LogP contribution in [-0.4, -0.2) is 26.1 Å². The second-order valence-electron chi connectivity index (χ2n) is 7.04. The standard InChI is InChI=1S/C19H27N5O/c1-2-3-4-15-7-11-18(12-8-15)21-19(25)17-9-5-16(6-10-17)13-24-14-20-22-23-24/h7-8,11-12,14,16-17H,2-6,9-10,13H2,1H3,(H,21,25). The van der Waals surface area contributed by atoms with Crippen molar-refractivity contribution in [1.82, 2.24) is 20.2 Å². The summed E-state index contributed by atoms with van der Waals surface area (Å²) in [4.78, 5) is 12.5. The average molecular weight is 341 g/mol. The zero-order chi connectivity index (χ0) is 17.5. The van der Waals surface area contributed by atoms with Gasteiger partial charge in [-0.15, -0.1) is 5.10 Å². The van der Waals surface area contributed by atoms with E-state index in [1.54, 1.807) is 11.0 Å². The van der Waals surface area contributed by atoms with E-state index in [2.05, 4.69) is 39.9 Å². The highest BCUT2D eigenvalue weighted by Crippen LogP contribution is 2.30. The maximum Gasteiger partial charge on any atom is 0.227 e. The van der Waals surface area contributed by atoms with Crippen molar-refractivity contribution in [3.8, 4) is 0 Å². The van der Waals surface area contributed by atoms with E-state index >= 15 is 0 Å². The van der Waals surface area contributed by atoms with Crippen LogP contribution in [0.1, 0.15) is 51.0 Å². The molecular weight excluding hydrogens is 314 g/mol. The number of rotatable bonds is 7. The smallest absolute Gasteiger partial charge is 0.227 e. The van der Waals surface area contributed by atoms with Gasteiger partial charge in [-0.2, -0.15) is 0 Å². The minimum atomic E-state index is 0.116. The lowest BCUT2D eigenvalue weighted by molar-refractivity contribution is -0.121. The lowest BCUT2D eigenvalue weighted by atomic mass is 9.81. The Balaban J connectivity index is 1.44. The number of aryl methyl sites for hydroxylation is 1. The summed E-state index contributed by atoms with van der Waals surface area (Å²) in [5, 5.41) is 14.3. The molecule has 1 amide bonds. The Morgan fingerprint density at radius 2 is 1.96 bits per heavy atom. The fraction of sp³-hybridized carbons (Fsp3) is 0.579. The molecule has 1 aliphatic rings. The number of carbonyl (C=O) groups excluding carboxylic acids is 1. The second-order valence-corrected chi connectivity index (χ2v) is 7.04. The quantitative estimate of drug-likeness (QED) is 0.837. The molecule has 1 aliphatic carbocycles. The molecule has 0 aliphatic heterocycles. The van der Waals surface area contributed by atoms with Crippen LogP contribution < -0.4 is 5.32 Å². The molecule has 6 heteroatoms. The highest BCUT2D eigenvalue weighted by molar-refractivity contribution is 5.92. The van der Waals surface area contributed by atoms with Gasteiger partial charge < -0.3 is 5.32 Å². The Kier molecular flexibility index (Phi) is 6.14. The van der Waals surface area contributed by atoms with Gasteiger partial charge in [-0.1, -0.05) is 25.5 Å². The predicted octanol–water partition coefficient (Wildman–Crippen LogP) is 3.46. The Labute approximate surface area is 149 Å². The maximum atomic E-state index is 12.5. The van der Waals surface area contributed by atoms with Crippen LogP contribution in [-0.2, 0) is 17.8 Å². The lowest BCUT2D eigenvalue weighted by Gasteiger charge is -2.27. The third-order valence-corrected chi connectivity index (χ3v) is 5.09. The molecule has 0 unspecified atom stereocenters. The number of nitrogens with one attached hydrogen (secondary N) is 1. The van der Waals surface area contributed by atoms with Crippen LogP contribution in [0.2, 0.25) is 0 Å². The fourth-order valence-electron chi connectivity index (χ4n) is 3.52.